The Labute approximate surface area is 87.1 Å². The number of rotatable bonds is 5. The molecule has 0 aromatic heterocycles. The lowest BCUT2D eigenvalue weighted by atomic mass is 10.1. The van der Waals surface area contributed by atoms with Gasteiger partial charge >= 0.3 is 0 Å². The summed E-state index contributed by atoms with van der Waals surface area (Å²) < 4.78 is 0. The second kappa shape index (κ2) is 6.72. The van der Waals surface area contributed by atoms with E-state index in [9.17, 15) is 0 Å². The largest absolute Gasteiger partial charge is 0.311 e. The Hall–Kier alpha value is 0.310. The van der Waals surface area contributed by atoms with Crippen molar-refractivity contribution in [2.45, 2.75) is 58.0 Å². The highest BCUT2D eigenvalue weighted by Crippen LogP contribution is 2.17. The van der Waals surface area contributed by atoms with E-state index in [1.807, 2.05) is 0 Å². The summed E-state index contributed by atoms with van der Waals surface area (Å²) in [6.07, 6.45) is 6.84. The van der Waals surface area contributed by atoms with Gasteiger partial charge in [-0.1, -0.05) is 19.8 Å². The van der Waals surface area contributed by atoms with Gasteiger partial charge in [-0.25, -0.2) is 0 Å². The number of hydrogen-bond acceptors (Lipinski definition) is 2. The van der Waals surface area contributed by atoms with Gasteiger partial charge in [-0.05, 0) is 31.9 Å². The molecule has 0 amide bonds. The summed E-state index contributed by atoms with van der Waals surface area (Å²) in [4.78, 5) is 0. The molecule has 13 heavy (non-hydrogen) atoms. The molecule has 0 aromatic rings. The standard InChI is InChI=1S/C11H23NS/c1-3-4-6-10(2)12-11-7-5-8-13-9-11/h10-12H,3-9H2,1-2H3. The van der Waals surface area contributed by atoms with Crippen LogP contribution in [0.1, 0.15) is 46.0 Å². The third-order valence-corrected chi connectivity index (χ3v) is 3.89. The van der Waals surface area contributed by atoms with Crippen LogP contribution in [-0.4, -0.2) is 23.6 Å². The monoisotopic (exact) mass is 201 g/mol. The van der Waals surface area contributed by atoms with Gasteiger partial charge in [0.15, 0.2) is 0 Å². The van der Waals surface area contributed by atoms with Crippen molar-refractivity contribution in [1.29, 1.82) is 0 Å². The molecule has 2 unspecified atom stereocenters. The lowest BCUT2D eigenvalue weighted by Gasteiger charge is -2.26. The Morgan fingerprint density at radius 3 is 3.00 bits per heavy atom. The van der Waals surface area contributed by atoms with Gasteiger partial charge in [-0.15, -0.1) is 0 Å². The minimum atomic E-state index is 0.726. The molecule has 1 heterocycles. The molecule has 1 aliphatic heterocycles. The average Bonchev–Trinajstić information content (AvgIpc) is 2.16. The van der Waals surface area contributed by atoms with Crippen molar-refractivity contribution in [3.8, 4) is 0 Å². The smallest absolute Gasteiger partial charge is 0.0160 e. The van der Waals surface area contributed by atoms with E-state index < -0.39 is 0 Å². The first kappa shape index (κ1) is 11.4. The van der Waals surface area contributed by atoms with Gasteiger partial charge in [-0.2, -0.15) is 11.8 Å². The van der Waals surface area contributed by atoms with E-state index in [0.29, 0.717) is 0 Å². The molecule has 1 fully saturated rings. The first-order chi connectivity index (χ1) is 6.33. The van der Waals surface area contributed by atoms with Crippen LogP contribution in [0.3, 0.4) is 0 Å². The van der Waals surface area contributed by atoms with Crippen LogP contribution in [-0.2, 0) is 0 Å². The van der Waals surface area contributed by atoms with Crippen LogP contribution in [0.25, 0.3) is 0 Å². The molecule has 2 heteroatoms. The summed E-state index contributed by atoms with van der Waals surface area (Å²) in [5.41, 5.74) is 0. The first-order valence-electron chi connectivity index (χ1n) is 5.66. The van der Waals surface area contributed by atoms with E-state index in [1.165, 1.54) is 43.6 Å². The zero-order chi connectivity index (χ0) is 9.52. The Bertz CT molecular complexity index is 121. The summed E-state index contributed by atoms with van der Waals surface area (Å²) in [6, 6.07) is 1.52. The fraction of sp³-hybridized carbons (Fsp3) is 1.00. The van der Waals surface area contributed by atoms with E-state index in [-0.39, 0.29) is 0 Å². The molecule has 0 spiro atoms. The summed E-state index contributed by atoms with van der Waals surface area (Å²) in [6.45, 7) is 4.60. The highest BCUT2D eigenvalue weighted by molar-refractivity contribution is 7.99. The van der Waals surface area contributed by atoms with E-state index in [1.54, 1.807) is 0 Å². The topological polar surface area (TPSA) is 12.0 Å². The summed E-state index contributed by atoms with van der Waals surface area (Å²) >= 11 is 2.11. The quantitative estimate of drug-likeness (QED) is 0.734. The molecule has 1 nitrogen and oxygen atoms in total. The van der Waals surface area contributed by atoms with Crippen LogP contribution in [0, 0.1) is 0 Å². The Balaban J connectivity index is 2.07. The van der Waals surface area contributed by atoms with Crippen LogP contribution < -0.4 is 5.32 Å². The highest BCUT2D eigenvalue weighted by atomic mass is 32.2. The van der Waals surface area contributed by atoms with Gasteiger partial charge in [0.25, 0.3) is 0 Å². The summed E-state index contributed by atoms with van der Waals surface area (Å²) in [5.74, 6) is 2.71. The van der Waals surface area contributed by atoms with Crippen LogP contribution >= 0.6 is 11.8 Å². The van der Waals surface area contributed by atoms with Gasteiger partial charge < -0.3 is 5.32 Å². The lowest BCUT2D eigenvalue weighted by Crippen LogP contribution is -2.39. The normalized spacial score (nSPS) is 25.8. The summed E-state index contributed by atoms with van der Waals surface area (Å²) in [7, 11) is 0. The predicted octanol–water partition coefficient (Wildman–Crippen LogP) is 3.05. The lowest BCUT2D eigenvalue weighted by molar-refractivity contribution is 0.418. The summed E-state index contributed by atoms with van der Waals surface area (Å²) in [5, 5.41) is 3.73. The maximum atomic E-state index is 3.73. The molecule has 78 valence electrons. The van der Waals surface area contributed by atoms with E-state index >= 15 is 0 Å². The van der Waals surface area contributed by atoms with Gasteiger partial charge in [0.2, 0.25) is 0 Å². The van der Waals surface area contributed by atoms with E-state index in [2.05, 4.69) is 30.9 Å². The van der Waals surface area contributed by atoms with Crippen LogP contribution in [0.4, 0.5) is 0 Å². The third-order valence-electron chi connectivity index (χ3n) is 2.67. The van der Waals surface area contributed by atoms with Crippen molar-refractivity contribution in [1.82, 2.24) is 5.32 Å². The molecule has 0 aromatic carbocycles. The van der Waals surface area contributed by atoms with Gasteiger partial charge in [0, 0.05) is 17.8 Å². The first-order valence-corrected chi connectivity index (χ1v) is 6.82. The predicted molar refractivity (Wildman–Crippen MR) is 62.5 cm³/mol. The van der Waals surface area contributed by atoms with Crippen molar-refractivity contribution in [3.05, 3.63) is 0 Å². The fourth-order valence-electron chi connectivity index (χ4n) is 1.87. The van der Waals surface area contributed by atoms with Gasteiger partial charge in [-0.3, -0.25) is 0 Å². The van der Waals surface area contributed by atoms with Crippen molar-refractivity contribution < 1.29 is 0 Å². The minimum absolute atomic E-state index is 0.726. The Morgan fingerprint density at radius 1 is 1.54 bits per heavy atom. The second-order valence-corrected chi connectivity index (χ2v) is 5.27. The molecular weight excluding hydrogens is 178 g/mol. The molecule has 0 aliphatic carbocycles. The van der Waals surface area contributed by atoms with E-state index in [4.69, 9.17) is 0 Å². The molecule has 1 aliphatic rings. The van der Waals surface area contributed by atoms with E-state index in [0.717, 1.165) is 12.1 Å². The van der Waals surface area contributed by atoms with Crippen molar-refractivity contribution >= 4 is 11.8 Å². The number of hydrogen-bond donors (Lipinski definition) is 1. The molecule has 0 bridgehead atoms. The molecule has 0 radical (unpaired) electrons. The van der Waals surface area contributed by atoms with Crippen molar-refractivity contribution in [3.63, 3.8) is 0 Å². The molecular formula is C11H23NS. The van der Waals surface area contributed by atoms with Gasteiger partial charge in [0.1, 0.15) is 0 Å². The minimum Gasteiger partial charge on any atom is -0.311 e. The molecule has 2 atom stereocenters. The zero-order valence-electron chi connectivity index (χ0n) is 9.01. The van der Waals surface area contributed by atoms with Crippen molar-refractivity contribution in [2.24, 2.45) is 0 Å². The van der Waals surface area contributed by atoms with Crippen LogP contribution in [0.15, 0.2) is 0 Å². The molecule has 0 saturated carbocycles. The van der Waals surface area contributed by atoms with Crippen LogP contribution in [0.5, 0.6) is 0 Å². The van der Waals surface area contributed by atoms with Crippen molar-refractivity contribution in [2.75, 3.05) is 11.5 Å². The number of nitrogens with one attached hydrogen (secondary N) is 1. The molecule has 1 saturated heterocycles. The highest BCUT2D eigenvalue weighted by Gasteiger charge is 2.14. The van der Waals surface area contributed by atoms with Crippen LogP contribution in [0.2, 0.25) is 0 Å². The second-order valence-electron chi connectivity index (χ2n) is 4.12. The Kier molecular flexibility index (Phi) is 5.88. The number of unbranched alkanes of at least 4 members (excludes halogenated alkanes) is 1. The average molecular weight is 201 g/mol. The fourth-order valence-corrected chi connectivity index (χ4v) is 2.95. The Morgan fingerprint density at radius 2 is 2.38 bits per heavy atom. The van der Waals surface area contributed by atoms with Gasteiger partial charge in [0.05, 0.1) is 0 Å². The SMILES string of the molecule is CCCCC(C)NC1CCCSC1. The number of thioether (sulfide) groups is 1. The maximum Gasteiger partial charge on any atom is 0.0160 e. The zero-order valence-corrected chi connectivity index (χ0v) is 9.83. The third kappa shape index (κ3) is 4.92. The molecule has 1 rings (SSSR count). The molecule has 1 N–H and O–H groups in total. The maximum absolute atomic E-state index is 3.73.